The van der Waals surface area contributed by atoms with E-state index in [0.29, 0.717) is 0 Å². The molecule has 1 amide bonds. The number of carbonyl (C=O) groups is 1. The average Bonchev–Trinajstić information content (AvgIpc) is 2.65. The summed E-state index contributed by atoms with van der Waals surface area (Å²) in [5.74, 6) is -0.0969. The van der Waals surface area contributed by atoms with Crippen LogP contribution in [-0.4, -0.2) is 22.7 Å². The predicted molar refractivity (Wildman–Crippen MR) is 92.9 cm³/mol. The van der Waals surface area contributed by atoms with Gasteiger partial charge in [0, 0.05) is 18.7 Å². The second-order valence-electron chi connectivity index (χ2n) is 6.00. The van der Waals surface area contributed by atoms with Gasteiger partial charge in [-0.1, -0.05) is 61.5 Å². The van der Waals surface area contributed by atoms with Gasteiger partial charge in [0.1, 0.15) is 6.61 Å². The molecule has 1 N–H and O–H groups in total. The first-order chi connectivity index (χ1) is 11.7. The third kappa shape index (κ3) is 3.34. The Morgan fingerprint density at radius 3 is 2.62 bits per heavy atom. The molecule has 2 atom stereocenters. The first-order valence-electron chi connectivity index (χ1n) is 8.07. The maximum absolute atomic E-state index is 12.6. The Kier molecular flexibility index (Phi) is 4.96. The highest BCUT2D eigenvalue weighted by Crippen LogP contribution is 2.36. The average molecular weight is 323 g/mol. The normalized spacial score (nSPS) is 17.2. The Labute approximate surface area is 142 Å². The molecule has 0 saturated carbocycles. The van der Waals surface area contributed by atoms with Gasteiger partial charge in [0.05, 0.1) is 6.04 Å². The van der Waals surface area contributed by atoms with E-state index in [2.05, 4.69) is 0 Å². The van der Waals surface area contributed by atoms with Crippen LogP contribution in [0.4, 0.5) is 4.79 Å². The lowest BCUT2D eigenvalue weighted by Crippen LogP contribution is -2.37. The molecule has 24 heavy (non-hydrogen) atoms. The molecule has 0 unspecified atom stereocenters. The van der Waals surface area contributed by atoms with E-state index >= 15 is 0 Å². The van der Waals surface area contributed by atoms with Gasteiger partial charge in [-0.05, 0) is 22.8 Å². The molecule has 1 aliphatic heterocycles. The van der Waals surface area contributed by atoms with E-state index in [-0.39, 0.29) is 25.2 Å². The molecule has 0 aromatic heterocycles. The van der Waals surface area contributed by atoms with Gasteiger partial charge in [0.15, 0.2) is 0 Å². The number of hydrogen-bond acceptors (Lipinski definition) is 3. The van der Waals surface area contributed by atoms with Gasteiger partial charge >= 0.3 is 6.09 Å². The van der Waals surface area contributed by atoms with Crippen molar-refractivity contribution in [3.63, 3.8) is 0 Å². The highest BCUT2D eigenvalue weighted by Gasteiger charge is 2.32. The molecule has 124 valence electrons. The predicted octanol–water partition coefficient (Wildman–Crippen LogP) is 3.98. The first-order valence-corrected chi connectivity index (χ1v) is 8.07. The molecule has 1 aliphatic rings. The van der Waals surface area contributed by atoms with Crippen LogP contribution in [0.5, 0.6) is 0 Å². The fourth-order valence-electron chi connectivity index (χ4n) is 2.98. The minimum atomic E-state index is -0.407. The topological polar surface area (TPSA) is 49.8 Å². The Morgan fingerprint density at radius 2 is 1.88 bits per heavy atom. The summed E-state index contributed by atoms with van der Waals surface area (Å²) in [7, 11) is 0. The first kappa shape index (κ1) is 16.3. The minimum Gasteiger partial charge on any atom is -0.444 e. The van der Waals surface area contributed by atoms with Gasteiger partial charge in [-0.3, -0.25) is 4.90 Å². The second-order valence-corrected chi connectivity index (χ2v) is 6.00. The van der Waals surface area contributed by atoms with E-state index in [1.54, 1.807) is 11.1 Å². The molecule has 4 nitrogen and oxygen atoms in total. The molecule has 0 saturated heterocycles. The van der Waals surface area contributed by atoms with E-state index < -0.39 is 6.09 Å². The minimum absolute atomic E-state index is 0.00466. The molecule has 0 aliphatic carbocycles. The van der Waals surface area contributed by atoms with Gasteiger partial charge in [0.2, 0.25) is 0 Å². The lowest BCUT2D eigenvalue weighted by molar-refractivity contribution is 0.0786. The van der Waals surface area contributed by atoms with Gasteiger partial charge in [0.25, 0.3) is 0 Å². The van der Waals surface area contributed by atoms with E-state index in [0.717, 1.165) is 16.7 Å². The Hall–Kier alpha value is -2.59. The Bertz CT molecular complexity index is 727. The van der Waals surface area contributed by atoms with Crippen LogP contribution >= 0.6 is 0 Å². The van der Waals surface area contributed by atoms with Crippen molar-refractivity contribution in [3.05, 3.63) is 77.5 Å². The summed E-state index contributed by atoms with van der Waals surface area (Å²) in [5.41, 5.74) is 3.03. The summed E-state index contributed by atoms with van der Waals surface area (Å²) in [6.07, 6.45) is 3.24. The zero-order valence-electron chi connectivity index (χ0n) is 13.6. The van der Waals surface area contributed by atoms with Crippen LogP contribution in [0.15, 0.2) is 60.8 Å². The molecular weight excluding hydrogens is 302 g/mol. The number of hydrogen-bond donors (Lipinski definition) is 1. The Morgan fingerprint density at radius 1 is 1.17 bits per heavy atom. The molecule has 4 heteroatoms. The number of aliphatic hydroxyl groups is 1. The smallest absolute Gasteiger partial charge is 0.414 e. The largest absolute Gasteiger partial charge is 0.444 e. The third-order valence-electron chi connectivity index (χ3n) is 4.27. The van der Waals surface area contributed by atoms with Crippen molar-refractivity contribution in [3.8, 4) is 0 Å². The van der Waals surface area contributed by atoms with Crippen LogP contribution in [0.1, 0.15) is 29.7 Å². The molecular formula is C20H21NO3. The van der Waals surface area contributed by atoms with Gasteiger partial charge in [-0.25, -0.2) is 4.79 Å². The zero-order chi connectivity index (χ0) is 16.9. The highest BCUT2D eigenvalue weighted by atomic mass is 16.6. The molecule has 0 fully saturated rings. The monoisotopic (exact) mass is 323 g/mol. The van der Waals surface area contributed by atoms with Gasteiger partial charge in [-0.15, -0.1) is 0 Å². The fraction of sp³-hybridized carbons (Fsp3) is 0.250. The highest BCUT2D eigenvalue weighted by molar-refractivity contribution is 5.73. The number of carbonyl (C=O) groups excluding carboxylic acids is 1. The summed E-state index contributed by atoms with van der Waals surface area (Å²) in [6.45, 7) is 2.15. The summed E-state index contributed by atoms with van der Waals surface area (Å²) >= 11 is 0. The van der Waals surface area contributed by atoms with Crippen LogP contribution < -0.4 is 0 Å². The van der Waals surface area contributed by atoms with Gasteiger partial charge in [-0.2, -0.15) is 0 Å². The summed E-state index contributed by atoms with van der Waals surface area (Å²) in [6, 6.07) is 17.3. The fourth-order valence-corrected chi connectivity index (χ4v) is 2.98. The molecule has 0 spiro atoms. The number of benzene rings is 2. The lowest BCUT2D eigenvalue weighted by Gasteiger charge is -2.35. The second kappa shape index (κ2) is 7.32. The molecule has 1 heterocycles. The number of rotatable bonds is 4. The SMILES string of the molecule is C[C@H](CO)[C@H]1c2ccccc2C=CN1C(=O)OCc1ccccc1. The van der Waals surface area contributed by atoms with Crippen molar-refractivity contribution in [2.24, 2.45) is 5.92 Å². The van der Waals surface area contributed by atoms with E-state index in [4.69, 9.17) is 4.74 Å². The maximum atomic E-state index is 12.6. The van der Waals surface area contributed by atoms with Crippen molar-refractivity contribution in [2.45, 2.75) is 19.6 Å². The maximum Gasteiger partial charge on any atom is 0.414 e. The van der Waals surface area contributed by atoms with E-state index in [1.165, 1.54) is 0 Å². The van der Waals surface area contributed by atoms with Crippen LogP contribution in [0.2, 0.25) is 0 Å². The number of aliphatic hydroxyl groups excluding tert-OH is 1. The third-order valence-corrected chi connectivity index (χ3v) is 4.27. The number of ether oxygens (including phenoxy) is 1. The molecule has 2 aromatic carbocycles. The van der Waals surface area contributed by atoms with Gasteiger partial charge < -0.3 is 9.84 Å². The Balaban J connectivity index is 1.79. The number of nitrogens with zero attached hydrogens (tertiary/aromatic N) is 1. The van der Waals surface area contributed by atoms with E-state index in [9.17, 15) is 9.90 Å². The summed E-state index contributed by atoms with van der Waals surface area (Å²) in [5, 5.41) is 9.62. The summed E-state index contributed by atoms with van der Waals surface area (Å²) in [4.78, 5) is 14.2. The quantitative estimate of drug-likeness (QED) is 0.926. The van der Waals surface area contributed by atoms with Crippen molar-refractivity contribution in [1.82, 2.24) is 4.90 Å². The van der Waals surface area contributed by atoms with Crippen molar-refractivity contribution < 1.29 is 14.6 Å². The lowest BCUT2D eigenvalue weighted by atomic mass is 9.88. The number of amides is 1. The van der Waals surface area contributed by atoms with Crippen LogP contribution in [-0.2, 0) is 11.3 Å². The molecule has 0 bridgehead atoms. The molecule has 2 aromatic rings. The van der Waals surface area contributed by atoms with Crippen molar-refractivity contribution in [2.75, 3.05) is 6.61 Å². The summed E-state index contributed by atoms with van der Waals surface area (Å²) < 4.78 is 5.46. The zero-order valence-corrected chi connectivity index (χ0v) is 13.6. The molecule has 0 radical (unpaired) electrons. The standard InChI is InChI=1S/C20H21NO3/c1-15(13-22)19-18-10-6-5-9-17(18)11-12-21(19)20(23)24-14-16-7-3-2-4-8-16/h2-12,15,19,22H,13-14H2,1H3/t15-,19+/m1/s1. The van der Waals surface area contributed by atoms with Crippen LogP contribution in [0.25, 0.3) is 6.08 Å². The van der Waals surface area contributed by atoms with Crippen molar-refractivity contribution >= 4 is 12.2 Å². The van der Waals surface area contributed by atoms with Crippen molar-refractivity contribution in [1.29, 1.82) is 0 Å². The van der Waals surface area contributed by atoms with E-state index in [1.807, 2.05) is 67.6 Å². The molecule has 3 rings (SSSR count). The number of fused-ring (bicyclic) bond motifs is 1. The van der Waals surface area contributed by atoms with Crippen LogP contribution in [0.3, 0.4) is 0 Å². The van der Waals surface area contributed by atoms with Crippen LogP contribution in [0, 0.1) is 5.92 Å².